The van der Waals surface area contributed by atoms with Gasteiger partial charge in [0, 0.05) is 0 Å². The van der Waals surface area contributed by atoms with Crippen LogP contribution in [-0.2, 0) is 0 Å². The van der Waals surface area contributed by atoms with E-state index >= 15 is 0 Å². The lowest BCUT2D eigenvalue weighted by molar-refractivity contribution is 0.339. The van der Waals surface area contributed by atoms with Crippen LogP contribution >= 0.6 is 0 Å². The molecule has 1 aliphatic rings. The highest BCUT2D eigenvalue weighted by molar-refractivity contribution is 5.31. The maximum absolute atomic E-state index is 2.53. The maximum Gasteiger partial charge on any atom is -0.00804 e. The van der Waals surface area contributed by atoms with Gasteiger partial charge in [-0.25, -0.2) is 0 Å². The predicted molar refractivity (Wildman–Crippen MR) is 64.4 cm³/mol. The Morgan fingerprint density at radius 1 is 1.07 bits per heavy atom. The zero-order valence-electron chi connectivity index (χ0n) is 10.2. The second-order valence-electron chi connectivity index (χ2n) is 4.48. The van der Waals surface area contributed by atoms with Crippen molar-refractivity contribution < 1.29 is 0 Å². The Morgan fingerprint density at radius 3 is 2.14 bits per heavy atom. The van der Waals surface area contributed by atoms with E-state index in [0.29, 0.717) is 5.41 Å². The molecule has 0 bridgehead atoms. The van der Waals surface area contributed by atoms with Crippen molar-refractivity contribution in [2.75, 3.05) is 0 Å². The topological polar surface area (TPSA) is 0 Å². The average molecular weight is 192 g/mol. The zero-order chi connectivity index (χ0) is 10.6. The minimum Gasteiger partial charge on any atom is -0.0748 e. The highest BCUT2D eigenvalue weighted by Crippen LogP contribution is 2.41. The van der Waals surface area contributed by atoms with Crippen molar-refractivity contribution in [3.63, 3.8) is 0 Å². The van der Waals surface area contributed by atoms with Crippen molar-refractivity contribution in [1.29, 1.82) is 0 Å². The second kappa shape index (κ2) is 4.82. The van der Waals surface area contributed by atoms with E-state index in [2.05, 4.69) is 39.8 Å². The van der Waals surface area contributed by atoms with Crippen LogP contribution in [0.15, 0.2) is 23.3 Å². The molecule has 0 saturated heterocycles. The Morgan fingerprint density at radius 2 is 1.71 bits per heavy atom. The summed E-state index contributed by atoms with van der Waals surface area (Å²) in [5.74, 6) is 0. The third kappa shape index (κ3) is 2.29. The Kier molecular flexibility index (Phi) is 3.97. The lowest BCUT2D eigenvalue weighted by atomic mass is 9.72. The van der Waals surface area contributed by atoms with E-state index in [1.165, 1.54) is 32.1 Å². The minimum absolute atomic E-state index is 0.478. The molecule has 0 radical (unpaired) electrons. The van der Waals surface area contributed by atoms with Crippen molar-refractivity contribution in [3.8, 4) is 0 Å². The molecule has 0 heteroatoms. The van der Waals surface area contributed by atoms with Gasteiger partial charge in [-0.2, -0.15) is 0 Å². The summed E-state index contributed by atoms with van der Waals surface area (Å²) in [6.07, 6.45) is 11.2. The molecule has 0 saturated carbocycles. The van der Waals surface area contributed by atoms with Crippen molar-refractivity contribution in [2.24, 2.45) is 5.41 Å². The van der Waals surface area contributed by atoms with Crippen molar-refractivity contribution in [2.45, 2.75) is 59.8 Å². The van der Waals surface area contributed by atoms with E-state index in [1.54, 1.807) is 11.1 Å². The zero-order valence-corrected chi connectivity index (χ0v) is 10.2. The van der Waals surface area contributed by atoms with Crippen LogP contribution in [0.3, 0.4) is 0 Å². The van der Waals surface area contributed by atoms with E-state index in [4.69, 9.17) is 0 Å². The number of hydrogen-bond acceptors (Lipinski definition) is 0. The van der Waals surface area contributed by atoms with Gasteiger partial charge in [-0.1, -0.05) is 51.0 Å². The molecule has 0 nitrogen and oxygen atoms in total. The third-order valence-corrected chi connectivity index (χ3v) is 3.73. The molecule has 0 spiro atoms. The first-order chi connectivity index (χ1) is 6.69. The van der Waals surface area contributed by atoms with Gasteiger partial charge in [0.2, 0.25) is 0 Å². The summed E-state index contributed by atoms with van der Waals surface area (Å²) in [4.78, 5) is 0. The third-order valence-electron chi connectivity index (χ3n) is 3.73. The number of allylic oxidation sites excluding steroid dienone is 4. The normalized spacial score (nSPS) is 20.3. The van der Waals surface area contributed by atoms with Gasteiger partial charge in [-0.05, 0) is 37.5 Å². The van der Waals surface area contributed by atoms with Gasteiger partial charge in [-0.15, -0.1) is 0 Å². The molecule has 0 amide bonds. The smallest absolute Gasteiger partial charge is 0.00804 e. The predicted octanol–water partition coefficient (Wildman–Crippen LogP) is 4.87. The average Bonchev–Trinajstić information content (AvgIpc) is 2.28. The minimum atomic E-state index is 0.478. The van der Waals surface area contributed by atoms with Crippen LogP contribution in [0.25, 0.3) is 0 Å². The molecular weight excluding hydrogens is 168 g/mol. The van der Waals surface area contributed by atoms with Gasteiger partial charge in [0.05, 0.1) is 0 Å². The number of rotatable bonds is 4. The maximum atomic E-state index is 2.53. The van der Waals surface area contributed by atoms with E-state index in [-0.39, 0.29) is 0 Å². The second-order valence-corrected chi connectivity index (χ2v) is 4.48. The summed E-state index contributed by atoms with van der Waals surface area (Å²) in [6, 6.07) is 0. The van der Waals surface area contributed by atoms with Crippen LogP contribution in [0.2, 0.25) is 0 Å². The summed E-state index contributed by atoms with van der Waals surface area (Å²) in [7, 11) is 0. The van der Waals surface area contributed by atoms with Gasteiger partial charge in [-0.3, -0.25) is 0 Å². The molecule has 1 rings (SSSR count). The van der Waals surface area contributed by atoms with Gasteiger partial charge in [0.1, 0.15) is 0 Å². The molecule has 1 aliphatic carbocycles. The van der Waals surface area contributed by atoms with Crippen LogP contribution in [0, 0.1) is 5.41 Å². The Bertz CT molecular complexity index is 239. The first-order valence-electron chi connectivity index (χ1n) is 6.10. The van der Waals surface area contributed by atoms with Crippen LogP contribution in [0.1, 0.15) is 59.8 Å². The summed E-state index contributed by atoms with van der Waals surface area (Å²) in [6.45, 7) is 9.19. The lowest BCUT2D eigenvalue weighted by Gasteiger charge is -2.33. The Hall–Kier alpha value is -0.520. The molecule has 0 aromatic carbocycles. The van der Waals surface area contributed by atoms with Crippen LogP contribution in [-0.4, -0.2) is 0 Å². The van der Waals surface area contributed by atoms with Crippen molar-refractivity contribution in [1.82, 2.24) is 0 Å². The Labute approximate surface area is 89.1 Å². The summed E-state index contributed by atoms with van der Waals surface area (Å²) < 4.78 is 0. The first kappa shape index (κ1) is 11.6. The monoisotopic (exact) mass is 192 g/mol. The van der Waals surface area contributed by atoms with E-state index in [0.717, 1.165) is 0 Å². The lowest BCUT2D eigenvalue weighted by Crippen LogP contribution is -2.20. The fraction of sp³-hybridized carbons (Fsp3) is 0.714. The molecule has 0 aromatic heterocycles. The summed E-state index contributed by atoms with van der Waals surface area (Å²) >= 11 is 0. The molecular formula is C14H24. The fourth-order valence-electron chi connectivity index (χ4n) is 2.39. The molecule has 0 fully saturated rings. The standard InChI is InChI=1S/C14H24/c1-5-12-9-13(6-2)11-14(7-3,8-4)10-12/h9-10H,5-8,11H2,1-4H3. The molecule has 0 atom stereocenters. The Balaban J connectivity index is 2.94. The molecule has 0 heterocycles. The molecule has 0 aliphatic heterocycles. The van der Waals surface area contributed by atoms with Gasteiger partial charge in [0.15, 0.2) is 0 Å². The fourth-order valence-corrected chi connectivity index (χ4v) is 2.39. The van der Waals surface area contributed by atoms with E-state index < -0.39 is 0 Å². The molecule has 0 N–H and O–H groups in total. The number of hydrogen-bond donors (Lipinski definition) is 0. The van der Waals surface area contributed by atoms with Crippen LogP contribution < -0.4 is 0 Å². The molecule has 14 heavy (non-hydrogen) atoms. The molecule has 80 valence electrons. The highest BCUT2D eigenvalue weighted by atomic mass is 14.3. The van der Waals surface area contributed by atoms with Crippen LogP contribution in [0.4, 0.5) is 0 Å². The molecule has 0 aromatic rings. The summed E-state index contributed by atoms with van der Waals surface area (Å²) in [5, 5.41) is 0. The van der Waals surface area contributed by atoms with Crippen LogP contribution in [0.5, 0.6) is 0 Å². The highest BCUT2D eigenvalue weighted by Gasteiger charge is 2.27. The van der Waals surface area contributed by atoms with Crippen molar-refractivity contribution in [3.05, 3.63) is 23.3 Å². The SMILES string of the molecule is CCC1=CC(CC)(CC)CC(CC)=C1. The van der Waals surface area contributed by atoms with E-state index in [1.807, 2.05) is 0 Å². The quantitative estimate of drug-likeness (QED) is 0.596. The molecule has 0 unspecified atom stereocenters. The summed E-state index contributed by atoms with van der Waals surface area (Å²) in [5.41, 5.74) is 3.68. The van der Waals surface area contributed by atoms with Crippen molar-refractivity contribution >= 4 is 0 Å². The van der Waals surface area contributed by atoms with Gasteiger partial charge < -0.3 is 0 Å². The van der Waals surface area contributed by atoms with Gasteiger partial charge in [0.25, 0.3) is 0 Å². The van der Waals surface area contributed by atoms with Gasteiger partial charge >= 0.3 is 0 Å². The van der Waals surface area contributed by atoms with E-state index in [9.17, 15) is 0 Å². The largest absolute Gasteiger partial charge is 0.0748 e. The first-order valence-corrected chi connectivity index (χ1v) is 6.10.